The quantitative estimate of drug-likeness (QED) is 0.622. The number of nitrogens with zero attached hydrogens (tertiary/aromatic N) is 3. The van der Waals surface area contributed by atoms with Gasteiger partial charge in [-0.05, 0) is 67.4 Å². The fraction of sp³-hybridized carbons (Fsp3) is 0.360. The maximum atomic E-state index is 12.5. The highest BCUT2D eigenvalue weighted by Crippen LogP contribution is 2.26. The van der Waals surface area contributed by atoms with Crippen LogP contribution in [0, 0.1) is 13.8 Å². The van der Waals surface area contributed by atoms with E-state index in [0.29, 0.717) is 5.02 Å². The van der Waals surface area contributed by atoms with E-state index >= 15 is 0 Å². The van der Waals surface area contributed by atoms with E-state index in [9.17, 15) is 4.79 Å². The number of likely N-dealkylation sites (N-methyl/N-ethyl adjacent to an activating group) is 1. The Labute approximate surface area is 189 Å². The predicted molar refractivity (Wildman–Crippen MR) is 129 cm³/mol. The number of nitrogens with one attached hydrogen (secondary N) is 1. The number of carbonyl (C=O) groups excluding carboxylic acids is 1. The Morgan fingerprint density at radius 1 is 1.03 bits per heavy atom. The van der Waals surface area contributed by atoms with Gasteiger partial charge in [0.05, 0.1) is 11.9 Å². The van der Waals surface area contributed by atoms with Gasteiger partial charge in [-0.25, -0.2) is 4.98 Å². The summed E-state index contributed by atoms with van der Waals surface area (Å²) < 4.78 is 0. The minimum absolute atomic E-state index is 0.0608. The molecule has 0 unspecified atom stereocenters. The van der Waals surface area contributed by atoms with Crippen molar-refractivity contribution in [3.05, 3.63) is 64.2 Å². The molecule has 0 bridgehead atoms. The van der Waals surface area contributed by atoms with Crippen molar-refractivity contribution in [3.63, 3.8) is 0 Å². The fourth-order valence-electron chi connectivity index (χ4n) is 4.08. The Morgan fingerprint density at radius 2 is 1.81 bits per heavy atom. The Morgan fingerprint density at radius 3 is 2.52 bits per heavy atom. The Kier molecular flexibility index (Phi) is 6.44. The molecule has 162 valence electrons. The number of fused-ring (bicyclic) bond motifs is 1. The van der Waals surface area contributed by atoms with E-state index in [2.05, 4.69) is 35.0 Å². The molecule has 2 aromatic carbocycles. The molecule has 1 N–H and O–H groups in total. The van der Waals surface area contributed by atoms with Gasteiger partial charge in [-0.15, -0.1) is 0 Å². The van der Waals surface area contributed by atoms with Crippen molar-refractivity contribution in [2.75, 3.05) is 42.9 Å². The second-order valence-electron chi connectivity index (χ2n) is 8.27. The number of rotatable bonds is 5. The number of halogens is 1. The van der Waals surface area contributed by atoms with Crippen molar-refractivity contribution in [1.82, 2.24) is 9.88 Å². The second-order valence-corrected chi connectivity index (χ2v) is 8.67. The summed E-state index contributed by atoms with van der Waals surface area (Å²) >= 11 is 6.18. The third-order valence-corrected chi connectivity index (χ3v) is 6.39. The first-order chi connectivity index (χ1) is 14.9. The normalized spacial score (nSPS) is 14.8. The highest BCUT2D eigenvalue weighted by molar-refractivity contribution is 6.31. The molecule has 4 rings (SSSR count). The van der Waals surface area contributed by atoms with Crippen LogP contribution in [0.4, 0.5) is 11.5 Å². The van der Waals surface area contributed by atoms with Crippen LogP contribution in [0.25, 0.3) is 10.9 Å². The maximum Gasteiger partial charge on any atom is 0.228 e. The molecule has 1 aliphatic heterocycles. The zero-order valence-corrected chi connectivity index (χ0v) is 19.2. The van der Waals surface area contributed by atoms with Crippen molar-refractivity contribution < 1.29 is 4.79 Å². The van der Waals surface area contributed by atoms with Crippen molar-refractivity contribution in [3.8, 4) is 0 Å². The molecule has 0 spiro atoms. The molecule has 0 radical (unpaired) electrons. The lowest BCUT2D eigenvalue weighted by Gasteiger charge is -2.35. The third kappa shape index (κ3) is 5.00. The van der Waals surface area contributed by atoms with Crippen LogP contribution in [0.3, 0.4) is 0 Å². The highest BCUT2D eigenvalue weighted by Gasteiger charge is 2.19. The van der Waals surface area contributed by atoms with E-state index < -0.39 is 0 Å². The lowest BCUT2D eigenvalue weighted by atomic mass is 10.1. The minimum atomic E-state index is -0.0608. The van der Waals surface area contributed by atoms with Crippen LogP contribution in [0.15, 0.2) is 42.5 Å². The van der Waals surface area contributed by atoms with Gasteiger partial charge in [0.25, 0.3) is 0 Å². The van der Waals surface area contributed by atoms with Crippen LogP contribution < -0.4 is 10.2 Å². The lowest BCUT2D eigenvalue weighted by Crippen LogP contribution is -2.46. The van der Waals surface area contributed by atoms with Crippen LogP contribution in [-0.4, -0.2) is 48.5 Å². The van der Waals surface area contributed by atoms with Crippen LogP contribution in [0.2, 0.25) is 5.02 Å². The zero-order chi connectivity index (χ0) is 22.0. The van der Waals surface area contributed by atoms with E-state index in [1.807, 2.05) is 43.3 Å². The molecule has 1 aliphatic rings. The molecule has 1 fully saturated rings. The first kappa shape index (κ1) is 21.6. The molecule has 3 aromatic rings. The number of amides is 1. The number of piperazine rings is 1. The summed E-state index contributed by atoms with van der Waals surface area (Å²) in [5, 5.41) is 4.72. The first-order valence-corrected chi connectivity index (χ1v) is 11.2. The number of pyridine rings is 1. The van der Waals surface area contributed by atoms with Crippen molar-refractivity contribution in [2.45, 2.75) is 27.2 Å². The minimum Gasteiger partial charge on any atom is -0.354 e. The summed E-state index contributed by atoms with van der Waals surface area (Å²) in [7, 11) is 0. The number of anilines is 2. The summed E-state index contributed by atoms with van der Waals surface area (Å²) in [5.41, 5.74) is 4.80. The standard InChI is InChI=1S/C25H29ClN4O/c1-4-29-9-11-30(12-10-29)25-18(3)13-20-16-21(7-8-23(20)28-25)27-24(31)15-19-6-5-17(2)22(26)14-19/h5-8,13-14,16H,4,9-12,15H2,1-3H3,(H,27,31). The molecular weight excluding hydrogens is 408 g/mol. The average Bonchev–Trinajstić information content (AvgIpc) is 2.76. The van der Waals surface area contributed by atoms with Gasteiger partial charge in [-0.1, -0.05) is 30.7 Å². The van der Waals surface area contributed by atoms with Gasteiger partial charge >= 0.3 is 0 Å². The molecule has 1 amide bonds. The molecule has 1 saturated heterocycles. The molecule has 0 aliphatic carbocycles. The molecule has 31 heavy (non-hydrogen) atoms. The van der Waals surface area contributed by atoms with E-state index in [1.165, 1.54) is 0 Å². The second kappa shape index (κ2) is 9.25. The van der Waals surface area contributed by atoms with Gasteiger partial charge in [-0.2, -0.15) is 0 Å². The number of carbonyl (C=O) groups is 1. The van der Waals surface area contributed by atoms with Crippen LogP contribution >= 0.6 is 11.6 Å². The molecule has 2 heterocycles. The SMILES string of the molecule is CCN1CCN(c2nc3ccc(NC(=O)Cc4ccc(C)c(Cl)c4)cc3cc2C)CC1. The van der Waals surface area contributed by atoms with E-state index in [4.69, 9.17) is 16.6 Å². The van der Waals surface area contributed by atoms with Gasteiger partial charge in [0, 0.05) is 42.3 Å². The largest absolute Gasteiger partial charge is 0.354 e. The number of aryl methyl sites for hydroxylation is 2. The lowest BCUT2D eigenvalue weighted by molar-refractivity contribution is -0.115. The Hall–Kier alpha value is -2.63. The van der Waals surface area contributed by atoms with Crippen LogP contribution in [-0.2, 0) is 11.2 Å². The number of benzene rings is 2. The highest BCUT2D eigenvalue weighted by atomic mass is 35.5. The molecule has 0 saturated carbocycles. The predicted octanol–water partition coefficient (Wildman–Crippen LogP) is 4.83. The average molecular weight is 437 g/mol. The molecule has 5 nitrogen and oxygen atoms in total. The van der Waals surface area contributed by atoms with Gasteiger partial charge in [0.15, 0.2) is 0 Å². The fourth-order valence-corrected chi connectivity index (χ4v) is 4.29. The number of hydrogen-bond donors (Lipinski definition) is 1. The zero-order valence-electron chi connectivity index (χ0n) is 18.4. The van der Waals surface area contributed by atoms with Gasteiger partial charge in [0.1, 0.15) is 5.82 Å². The molecule has 6 heteroatoms. The summed E-state index contributed by atoms with van der Waals surface area (Å²) in [5.74, 6) is 1.01. The maximum absolute atomic E-state index is 12.5. The van der Waals surface area contributed by atoms with E-state index in [1.54, 1.807) is 0 Å². The van der Waals surface area contributed by atoms with Gasteiger partial charge in [0.2, 0.25) is 5.91 Å². The summed E-state index contributed by atoms with van der Waals surface area (Å²) in [6, 6.07) is 13.8. The molecule has 1 aromatic heterocycles. The Balaban J connectivity index is 1.48. The van der Waals surface area contributed by atoms with Gasteiger partial charge < -0.3 is 15.1 Å². The summed E-state index contributed by atoms with van der Waals surface area (Å²) in [4.78, 5) is 22.3. The topological polar surface area (TPSA) is 48.5 Å². The molecule has 0 atom stereocenters. The Bertz CT molecular complexity index is 1110. The third-order valence-electron chi connectivity index (χ3n) is 5.98. The smallest absolute Gasteiger partial charge is 0.228 e. The van der Waals surface area contributed by atoms with Crippen molar-refractivity contribution >= 4 is 39.9 Å². The number of aromatic nitrogens is 1. The van der Waals surface area contributed by atoms with E-state index in [-0.39, 0.29) is 12.3 Å². The van der Waals surface area contributed by atoms with Gasteiger partial charge in [-0.3, -0.25) is 4.79 Å². The van der Waals surface area contributed by atoms with E-state index in [0.717, 1.165) is 71.8 Å². The van der Waals surface area contributed by atoms with Crippen LogP contribution in [0.5, 0.6) is 0 Å². The summed E-state index contributed by atoms with van der Waals surface area (Å²) in [6.45, 7) is 11.5. The van der Waals surface area contributed by atoms with Crippen molar-refractivity contribution in [2.24, 2.45) is 0 Å². The van der Waals surface area contributed by atoms with Crippen molar-refractivity contribution in [1.29, 1.82) is 0 Å². The van der Waals surface area contributed by atoms with Crippen LogP contribution in [0.1, 0.15) is 23.6 Å². The molecular formula is C25H29ClN4O. The monoisotopic (exact) mass is 436 g/mol. The first-order valence-electron chi connectivity index (χ1n) is 10.9. The summed E-state index contributed by atoms with van der Waals surface area (Å²) in [6.07, 6.45) is 0.290. The number of hydrogen-bond acceptors (Lipinski definition) is 4.